The zero-order chi connectivity index (χ0) is 17.5. The van der Waals surface area contributed by atoms with Gasteiger partial charge in [-0.05, 0) is 17.6 Å². The minimum atomic E-state index is -1.51. The van der Waals surface area contributed by atoms with Gasteiger partial charge in [-0.1, -0.05) is 12.1 Å². The van der Waals surface area contributed by atoms with Gasteiger partial charge in [-0.15, -0.1) is 0 Å². The van der Waals surface area contributed by atoms with Crippen LogP contribution in [0.15, 0.2) is 36.7 Å². The minimum absolute atomic E-state index is 0.00332. The van der Waals surface area contributed by atoms with Crippen molar-refractivity contribution in [1.29, 1.82) is 0 Å². The molecular weight excluding hydrogens is 311 g/mol. The number of nitrogens with zero attached hydrogens (tertiary/aromatic N) is 3. The lowest BCUT2D eigenvalue weighted by atomic mass is 9.80. The van der Waals surface area contributed by atoms with E-state index < -0.39 is 7.12 Å². The van der Waals surface area contributed by atoms with Crippen molar-refractivity contribution in [2.24, 2.45) is 0 Å². The van der Waals surface area contributed by atoms with Gasteiger partial charge in [0.05, 0.1) is 12.4 Å². The highest BCUT2D eigenvalue weighted by Gasteiger charge is 2.10. The van der Waals surface area contributed by atoms with Crippen LogP contribution >= 0.6 is 0 Å². The molecule has 0 saturated carbocycles. The van der Waals surface area contributed by atoms with Gasteiger partial charge >= 0.3 is 7.12 Å². The van der Waals surface area contributed by atoms with E-state index in [2.05, 4.69) is 15.3 Å². The molecule has 0 aliphatic heterocycles. The van der Waals surface area contributed by atoms with Gasteiger partial charge in [0, 0.05) is 27.1 Å². The number of amides is 1. The summed E-state index contributed by atoms with van der Waals surface area (Å²) in [6.07, 6.45) is 3.04. The van der Waals surface area contributed by atoms with Gasteiger partial charge in [-0.3, -0.25) is 9.78 Å². The fourth-order valence-corrected chi connectivity index (χ4v) is 1.82. The Morgan fingerprint density at radius 1 is 1.29 bits per heavy atom. The minimum Gasteiger partial charge on any atom is -0.437 e. The number of benzene rings is 1. The highest BCUT2D eigenvalue weighted by Crippen LogP contribution is 2.18. The lowest BCUT2D eigenvalue weighted by molar-refractivity contribution is -0.127. The molecule has 0 atom stereocenters. The number of carbonyl (C=O) groups is 1. The van der Waals surface area contributed by atoms with Gasteiger partial charge in [-0.2, -0.15) is 4.98 Å². The van der Waals surface area contributed by atoms with Gasteiger partial charge in [0.1, 0.15) is 11.6 Å². The molecule has 0 aliphatic rings. The molecule has 2 aromatic rings. The maximum Gasteiger partial charge on any atom is 0.488 e. The van der Waals surface area contributed by atoms with Crippen LogP contribution in [0.5, 0.6) is 11.6 Å². The second-order valence-corrected chi connectivity index (χ2v) is 5.15. The molecule has 24 heavy (non-hydrogen) atoms. The van der Waals surface area contributed by atoms with Crippen LogP contribution in [0.25, 0.3) is 0 Å². The predicted octanol–water partition coefficient (Wildman–Crippen LogP) is -0.161. The van der Waals surface area contributed by atoms with Crippen LogP contribution in [-0.4, -0.2) is 58.1 Å². The Morgan fingerprint density at radius 2 is 2.00 bits per heavy atom. The van der Waals surface area contributed by atoms with Crippen molar-refractivity contribution >= 4 is 24.3 Å². The smallest absolute Gasteiger partial charge is 0.437 e. The van der Waals surface area contributed by atoms with Gasteiger partial charge in [-0.25, -0.2) is 0 Å². The molecule has 9 heteroatoms. The van der Waals surface area contributed by atoms with Crippen molar-refractivity contribution in [1.82, 2.24) is 14.9 Å². The average Bonchev–Trinajstić information content (AvgIpc) is 2.55. The summed E-state index contributed by atoms with van der Waals surface area (Å²) >= 11 is 0. The molecule has 1 aromatic heterocycles. The highest BCUT2D eigenvalue weighted by atomic mass is 16.5. The molecule has 3 N–H and O–H groups in total. The fraction of sp³-hybridized carbons (Fsp3) is 0.267. The van der Waals surface area contributed by atoms with E-state index in [1.54, 1.807) is 42.4 Å². The largest absolute Gasteiger partial charge is 0.488 e. The summed E-state index contributed by atoms with van der Waals surface area (Å²) in [5.74, 6) is 1.34. The Kier molecular flexibility index (Phi) is 6.10. The predicted molar refractivity (Wildman–Crippen MR) is 90.2 cm³/mol. The van der Waals surface area contributed by atoms with E-state index in [1.165, 1.54) is 13.1 Å². The molecule has 0 saturated heterocycles. The van der Waals surface area contributed by atoms with Gasteiger partial charge in [0.25, 0.3) is 0 Å². The lowest BCUT2D eigenvalue weighted by Gasteiger charge is -2.15. The third-order valence-corrected chi connectivity index (χ3v) is 3.30. The monoisotopic (exact) mass is 330 g/mol. The molecule has 1 amide bonds. The fourth-order valence-electron chi connectivity index (χ4n) is 1.82. The first-order chi connectivity index (χ1) is 11.5. The Hall–Kier alpha value is -2.65. The van der Waals surface area contributed by atoms with Crippen LogP contribution < -0.4 is 15.5 Å². The molecule has 1 heterocycles. The molecule has 0 aliphatic carbocycles. The standard InChI is InChI=1S/C15H19BN4O4/c1-11(21)20(2)8-7-18-14-9-17-10-15(19-14)24-13-5-3-12(4-6-13)16(22)23/h3-6,9-10,22-23H,7-8H2,1-2H3,(H,18,19). The Labute approximate surface area is 140 Å². The van der Waals surface area contributed by atoms with Crippen molar-refractivity contribution in [3.05, 3.63) is 36.7 Å². The van der Waals surface area contributed by atoms with Crippen LogP contribution in [0.4, 0.5) is 5.82 Å². The van der Waals surface area contributed by atoms with Crippen LogP contribution in [-0.2, 0) is 4.79 Å². The number of anilines is 1. The third kappa shape index (κ3) is 5.22. The second kappa shape index (κ2) is 8.28. The van der Waals surface area contributed by atoms with Crippen LogP contribution in [0.1, 0.15) is 6.92 Å². The Bertz CT molecular complexity index is 681. The van der Waals surface area contributed by atoms with Crippen molar-refractivity contribution in [2.75, 3.05) is 25.5 Å². The average molecular weight is 330 g/mol. The zero-order valence-electron chi connectivity index (χ0n) is 13.5. The molecule has 0 fully saturated rings. The molecule has 1 aromatic carbocycles. The first kappa shape index (κ1) is 17.7. The molecule has 126 valence electrons. The molecule has 2 rings (SSSR count). The SMILES string of the molecule is CC(=O)N(C)CCNc1cncc(Oc2ccc(B(O)O)cc2)n1. The zero-order valence-corrected chi connectivity index (χ0v) is 13.5. The van der Waals surface area contributed by atoms with Crippen LogP contribution in [0, 0.1) is 0 Å². The summed E-state index contributed by atoms with van der Waals surface area (Å²) < 4.78 is 5.58. The van der Waals surface area contributed by atoms with Crippen LogP contribution in [0.3, 0.4) is 0 Å². The number of carbonyl (C=O) groups excluding carboxylic acids is 1. The Morgan fingerprint density at radius 3 is 2.62 bits per heavy atom. The van der Waals surface area contributed by atoms with E-state index in [-0.39, 0.29) is 5.91 Å². The number of likely N-dealkylation sites (N-methyl/N-ethyl adjacent to an activating group) is 1. The Balaban J connectivity index is 1.93. The maximum absolute atomic E-state index is 11.1. The highest BCUT2D eigenvalue weighted by molar-refractivity contribution is 6.58. The first-order valence-electron chi connectivity index (χ1n) is 7.37. The summed E-state index contributed by atoms with van der Waals surface area (Å²) in [7, 11) is 0.210. The topological polar surface area (TPSA) is 108 Å². The van der Waals surface area contributed by atoms with Gasteiger partial charge in [0.2, 0.25) is 11.8 Å². The normalized spacial score (nSPS) is 10.2. The summed E-state index contributed by atoms with van der Waals surface area (Å²) in [6.45, 7) is 2.60. The summed E-state index contributed by atoms with van der Waals surface area (Å²) in [5, 5.41) is 21.2. The van der Waals surface area contributed by atoms with E-state index in [4.69, 9.17) is 14.8 Å². The number of hydrogen-bond donors (Lipinski definition) is 3. The number of nitrogens with one attached hydrogen (secondary N) is 1. The van der Waals surface area contributed by atoms with E-state index in [0.717, 1.165) is 0 Å². The molecule has 0 radical (unpaired) electrons. The third-order valence-electron chi connectivity index (χ3n) is 3.30. The van der Waals surface area contributed by atoms with E-state index >= 15 is 0 Å². The summed E-state index contributed by atoms with van der Waals surface area (Å²) in [4.78, 5) is 21.0. The van der Waals surface area contributed by atoms with E-state index in [9.17, 15) is 4.79 Å². The summed E-state index contributed by atoms with van der Waals surface area (Å²) in [5.41, 5.74) is 0.374. The number of rotatable bonds is 7. The van der Waals surface area contributed by atoms with E-state index in [0.29, 0.717) is 36.0 Å². The van der Waals surface area contributed by atoms with Crippen molar-refractivity contribution in [2.45, 2.75) is 6.92 Å². The number of ether oxygens (including phenoxy) is 1. The molecule has 0 spiro atoms. The summed E-state index contributed by atoms with van der Waals surface area (Å²) in [6, 6.07) is 6.32. The van der Waals surface area contributed by atoms with Gasteiger partial charge < -0.3 is 25.0 Å². The van der Waals surface area contributed by atoms with Gasteiger partial charge in [0.15, 0.2) is 0 Å². The second-order valence-electron chi connectivity index (χ2n) is 5.15. The quantitative estimate of drug-likeness (QED) is 0.605. The number of aromatic nitrogens is 2. The molecule has 0 bridgehead atoms. The van der Waals surface area contributed by atoms with Crippen LogP contribution in [0.2, 0.25) is 0 Å². The van der Waals surface area contributed by atoms with Crippen molar-refractivity contribution < 1.29 is 19.6 Å². The molecule has 0 unspecified atom stereocenters. The first-order valence-corrected chi connectivity index (χ1v) is 7.37. The van der Waals surface area contributed by atoms with Crippen molar-refractivity contribution in [3.63, 3.8) is 0 Å². The molecule has 8 nitrogen and oxygen atoms in total. The maximum atomic E-state index is 11.1. The van der Waals surface area contributed by atoms with E-state index in [1.807, 2.05) is 0 Å². The number of hydrogen-bond acceptors (Lipinski definition) is 7. The van der Waals surface area contributed by atoms with Crippen molar-refractivity contribution in [3.8, 4) is 11.6 Å². The lowest BCUT2D eigenvalue weighted by Crippen LogP contribution is -2.29. The molecular formula is C15H19BN4O4.